The fourth-order valence-electron chi connectivity index (χ4n) is 2.50. The molecule has 0 unspecified atom stereocenters. The molecule has 2 heterocycles. The number of esters is 1. The minimum atomic E-state index is -4.45. The molecule has 0 aliphatic heterocycles. The van der Waals surface area contributed by atoms with Gasteiger partial charge in [-0.1, -0.05) is 0 Å². The lowest BCUT2D eigenvalue weighted by molar-refractivity contribution is -0.137. The third-order valence-corrected chi connectivity index (χ3v) is 4.09. The number of alkyl halides is 3. The quantitative estimate of drug-likeness (QED) is 0.307. The van der Waals surface area contributed by atoms with Crippen LogP contribution in [0.1, 0.15) is 27.4 Å². The number of hydrogen-bond acceptors (Lipinski definition) is 8. The zero-order valence-electron chi connectivity index (χ0n) is 17.0. The van der Waals surface area contributed by atoms with Crippen LogP contribution >= 0.6 is 0 Å². The van der Waals surface area contributed by atoms with Gasteiger partial charge in [0.1, 0.15) is 18.2 Å². The largest absolute Gasteiger partial charge is 0.493 e. The van der Waals surface area contributed by atoms with Crippen LogP contribution < -0.4 is 14.9 Å². The first-order valence-corrected chi connectivity index (χ1v) is 9.10. The molecule has 8 nitrogen and oxygen atoms in total. The monoisotopic (exact) mass is 449 g/mol. The van der Waals surface area contributed by atoms with Gasteiger partial charge in [0.2, 0.25) is 5.76 Å². The van der Waals surface area contributed by atoms with Crippen molar-refractivity contribution in [2.75, 3.05) is 19.6 Å². The summed E-state index contributed by atoms with van der Waals surface area (Å²) >= 11 is 0. The minimum Gasteiger partial charge on any atom is -0.493 e. The molecule has 0 saturated heterocycles. The highest BCUT2D eigenvalue weighted by Crippen LogP contribution is 2.30. The van der Waals surface area contributed by atoms with Crippen LogP contribution in [0.25, 0.3) is 0 Å². The summed E-state index contributed by atoms with van der Waals surface area (Å²) in [5, 5.41) is 3.96. The predicted octanol–water partition coefficient (Wildman–Crippen LogP) is 4.51. The number of nitrogens with zero attached hydrogens (tertiary/aromatic N) is 2. The van der Waals surface area contributed by atoms with E-state index in [1.165, 1.54) is 32.6 Å². The molecule has 0 aliphatic carbocycles. The van der Waals surface area contributed by atoms with Crippen molar-refractivity contribution in [1.29, 1.82) is 0 Å². The molecule has 0 amide bonds. The number of nitrogens with one attached hydrogen (secondary N) is 1. The van der Waals surface area contributed by atoms with E-state index in [1.807, 2.05) is 0 Å². The normalized spacial score (nSPS) is 11.4. The molecule has 1 N–H and O–H groups in total. The average Bonchev–Trinajstić information content (AvgIpc) is 3.26. The summed E-state index contributed by atoms with van der Waals surface area (Å²) in [4.78, 5) is 15.1. The van der Waals surface area contributed by atoms with Gasteiger partial charge in [0, 0.05) is 6.20 Å². The number of ether oxygens (including phenoxy) is 3. The maximum atomic E-state index is 12.6. The zero-order valence-corrected chi connectivity index (χ0v) is 17.0. The van der Waals surface area contributed by atoms with Crippen LogP contribution in [0, 0.1) is 0 Å². The molecule has 3 rings (SSSR count). The van der Waals surface area contributed by atoms with Gasteiger partial charge in [-0.15, -0.1) is 0 Å². The van der Waals surface area contributed by atoms with Crippen molar-refractivity contribution < 1.29 is 36.6 Å². The maximum Gasteiger partial charge on any atom is 0.417 e. The highest BCUT2D eigenvalue weighted by Gasteiger charge is 2.30. The Morgan fingerprint density at radius 1 is 1.16 bits per heavy atom. The lowest BCUT2D eigenvalue weighted by Gasteiger charge is -2.10. The predicted molar refractivity (Wildman–Crippen MR) is 108 cm³/mol. The number of hydrazone groups is 1. The Labute approximate surface area is 180 Å². The third kappa shape index (κ3) is 5.78. The van der Waals surface area contributed by atoms with Crippen molar-refractivity contribution in [2.24, 2.45) is 5.10 Å². The summed E-state index contributed by atoms with van der Waals surface area (Å²) in [7, 11) is 2.72. The minimum absolute atomic E-state index is 0.0575. The van der Waals surface area contributed by atoms with Gasteiger partial charge in [0.05, 0.1) is 26.0 Å². The second kappa shape index (κ2) is 9.86. The van der Waals surface area contributed by atoms with Crippen molar-refractivity contribution >= 4 is 18.0 Å². The van der Waals surface area contributed by atoms with E-state index in [4.69, 9.17) is 13.9 Å². The van der Waals surface area contributed by atoms with Gasteiger partial charge in [-0.2, -0.15) is 18.3 Å². The molecule has 11 heteroatoms. The highest BCUT2D eigenvalue weighted by atomic mass is 19.4. The first-order chi connectivity index (χ1) is 15.3. The van der Waals surface area contributed by atoms with Gasteiger partial charge < -0.3 is 18.6 Å². The number of halogens is 3. The van der Waals surface area contributed by atoms with E-state index in [2.05, 4.69) is 20.2 Å². The van der Waals surface area contributed by atoms with Gasteiger partial charge in [0.25, 0.3) is 0 Å². The Bertz CT molecular complexity index is 1090. The standard InChI is InChI=1S/C21H18F3N3O5/c1-29-18-9-13(10-26-27-19-8-4-14(11-25-19)21(22,23)24)3-6-16(18)31-12-15-5-7-17(32-15)20(28)30-2/h3-11H,12H2,1-2H3,(H,25,27)/b26-10+. The summed E-state index contributed by atoms with van der Waals surface area (Å²) in [5.74, 6) is 0.911. The van der Waals surface area contributed by atoms with E-state index in [0.29, 0.717) is 22.8 Å². The van der Waals surface area contributed by atoms with Crippen molar-refractivity contribution in [3.05, 3.63) is 71.3 Å². The topological polar surface area (TPSA) is 95.2 Å². The molecular formula is C21H18F3N3O5. The van der Waals surface area contributed by atoms with Crippen LogP contribution in [0.2, 0.25) is 0 Å². The SMILES string of the molecule is COC(=O)c1ccc(COc2ccc(/C=N/Nc3ccc(C(F)(F)F)cn3)cc2OC)o1. The summed E-state index contributed by atoms with van der Waals surface area (Å²) in [5.41, 5.74) is 2.35. The number of carbonyl (C=O) groups excluding carboxylic acids is 1. The number of anilines is 1. The Balaban J connectivity index is 1.60. The molecule has 3 aromatic rings. The molecule has 0 saturated carbocycles. The molecule has 0 spiro atoms. The molecule has 0 aliphatic rings. The lowest BCUT2D eigenvalue weighted by Crippen LogP contribution is -2.05. The highest BCUT2D eigenvalue weighted by molar-refractivity contribution is 5.86. The number of methoxy groups -OCH3 is 2. The Hall–Kier alpha value is -4.02. The fraction of sp³-hybridized carbons (Fsp3) is 0.190. The number of benzene rings is 1. The third-order valence-electron chi connectivity index (χ3n) is 4.09. The average molecular weight is 449 g/mol. The smallest absolute Gasteiger partial charge is 0.417 e. The van der Waals surface area contributed by atoms with Crippen LogP contribution in [0.15, 0.2) is 58.2 Å². The van der Waals surface area contributed by atoms with Gasteiger partial charge in [-0.25, -0.2) is 9.78 Å². The molecule has 2 aromatic heterocycles. The van der Waals surface area contributed by atoms with Gasteiger partial charge >= 0.3 is 12.1 Å². The maximum absolute atomic E-state index is 12.6. The number of aromatic nitrogens is 1. The van der Waals surface area contributed by atoms with E-state index in [1.54, 1.807) is 24.3 Å². The van der Waals surface area contributed by atoms with Crippen LogP contribution in [-0.2, 0) is 17.5 Å². The molecule has 0 fully saturated rings. The molecule has 0 radical (unpaired) electrons. The Morgan fingerprint density at radius 2 is 1.97 bits per heavy atom. The summed E-state index contributed by atoms with van der Waals surface area (Å²) in [6.07, 6.45) is -2.28. The Kier molecular flexibility index (Phi) is 6.98. The Morgan fingerprint density at radius 3 is 2.62 bits per heavy atom. The van der Waals surface area contributed by atoms with Crippen molar-refractivity contribution in [3.63, 3.8) is 0 Å². The number of rotatable bonds is 8. The second-order valence-electron chi connectivity index (χ2n) is 6.26. The lowest BCUT2D eigenvalue weighted by atomic mass is 10.2. The molecule has 168 valence electrons. The van der Waals surface area contributed by atoms with Gasteiger partial charge in [0.15, 0.2) is 11.5 Å². The number of pyridine rings is 1. The zero-order chi connectivity index (χ0) is 23.1. The first kappa shape index (κ1) is 22.7. The van der Waals surface area contributed by atoms with Gasteiger partial charge in [-0.3, -0.25) is 5.43 Å². The number of hydrogen-bond donors (Lipinski definition) is 1. The van der Waals surface area contributed by atoms with Crippen molar-refractivity contribution in [1.82, 2.24) is 4.98 Å². The van der Waals surface area contributed by atoms with E-state index in [0.717, 1.165) is 12.3 Å². The van der Waals surface area contributed by atoms with Gasteiger partial charge in [-0.05, 0) is 48.0 Å². The van der Waals surface area contributed by atoms with E-state index in [-0.39, 0.29) is 18.2 Å². The van der Waals surface area contributed by atoms with Crippen LogP contribution in [-0.4, -0.2) is 31.4 Å². The fourth-order valence-corrected chi connectivity index (χ4v) is 2.50. The molecule has 0 atom stereocenters. The molecule has 32 heavy (non-hydrogen) atoms. The molecule has 0 bridgehead atoms. The number of furan rings is 1. The molecule has 1 aromatic carbocycles. The van der Waals surface area contributed by atoms with E-state index in [9.17, 15) is 18.0 Å². The first-order valence-electron chi connectivity index (χ1n) is 9.10. The van der Waals surface area contributed by atoms with Crippen LogP contribution in [0.3, 0.4) is 0 Å². The van der Waals surface area contributed by atoms with E-state index < -0.39 is 17.7 Å². The number of carbonyl (C=O) groups is 1. The summed E-state index contributed by atoms with van der Waals surface area (Å²) in [6.45, 7) is 0.0575. The second-order valence-corrected chi connectivity index (χ2v) is 6.26. The molecular weight excluding hydrogens is 431 g/mol. The van der Waals surface area contributed by atoms with Crippen LogP contribution in [0.4, 0.5) is 19.0 Å². The van der Waals surface area contributed by atoms with Crippen molar-refractivity contribution in [2.45, 2.75) is 12.8 Å². The van der Waals surface area contributed by atoms with E-state index >= 15 is 0 Å². The van der Waals surface area contributed by atoms with Crippen LogP contribution in [0.5, 0.6) is 11.5 Å². The summed E-state index contributed by atoms with van der Waals surface area (Å²) < 4.78 is 58.6. The summed E-state index contributed by atoms with van der Waals surface area (Å²) in [6, 6.07) is 10.2. The van der Waals surface area contributed by atoms with Crippen molar-refractivity contribution in [3.8, 4) is 11.5 Å².